The van der Waals surface area contributed by atoms with Crippen molar-refractivity contribution in [3.63, 3.8) is 0 Å². The minimum atomic E-state index is -0.596. The van der Waals surface area contributed by atoms with E-state index in [4.69, 9.17) is 0 Å². The summed E-state index contributed by atoms with van der Waals surface area (Å²) < 4.78 is 15.0. The van der Waals surface area contributed by atoms with Crippen LogP contribution in [0.25, 0.3) is 0 Å². The van der Waals surface area contributed by atoms with Crippen LogP contribution in [0.3, 0.4) is 0 Å². The number of hydrogen-bond donors (Lipinski definition) is 2. The van der Waals surface area contributed by atoms with Crippen molar-refractivity contribution in [1.82, 2.24) is 20.1 Å². The molecule has 2 heterocycles. The number of carbonyl (C=O) groups excluding carboxylic acids is 1. The molecule has 1 aliphatic carbocycles. The minimum absolute atomic E-state index is 0.0136. The van der Waals surface area contributed by atoms with Crippen LogP contribution in [0.4, 0.5) is 4.39 Å². The van der Waals surface area contributed by atoms with Gasteiger partial charge in [0.1, 0.15) is 30.3 Å². The van der Waals surface area contributed by atoms with Crippen LogP contribution >= 0.6 is 0 Å². The lowest BCUT2D eigenvalue weighted by atomic mass is 9.75. The van der Waals surface area contributed by atoms with Crippen LogP contribution in [0.1, 0.15) is 41.1 Å². The molecule has 2 aliphatic rings. The quantitative estimate of drug-likeness (QED) is 0.699. The lowest BCUT2D eigenvalue weighted by Gasteiger charge is -2.36. The van der Waals surface area contributed by atoms with Gasteiger partial charge >= 0.3 is 0 Å². The predicted octanol–water partition coefficient (Wildman–Crippen LogP) is 3.41. The van der Waals surface area contributed by atoms with Gasteiger partial charge in [-0.3, -0.25) is 4.79 Å². The number of allylic oxidation sites excluding steroid dienone is 1. The fourth-order valence-electron chi connectivity index (χ4n) is 4.67. The van der Waals surface area contributed by atoms with Crippen molar-refractivity contribution >= 4 is 5.78 Å². The van der Waals surface area contributed by atoms with Gasteiger partial charge in [0.2, 0.25) is 0 Å². The number of hydrogen-bond acceptors (Lipinski definition) is 5. The van der Waals surface area contributed by atoms with E-state index in [-0.39, 0.29) is 35.7 Å². The van der Waals surface area contributed by atoms with Crippen molar-refractivity contribution in [2.45, 2.75) is 30.8 Å². The number of aliphatic hydroxyl groups excluding tert-OH is 1. The molecule has 3 atom stereocenters. The smallest absolute Gasteiger partial charge is 0.164 e. The maximum Gasteiger partial charge on any atom is 0.164 e. The Labute approximate surface area is 173 Å². The first kappa shape index (κ1) is 18.7. The van der Waals surface area contributed by atoms with Gasteiger partial charge in [0.25, 0.3) is 0 Å². The Balaban J connectivity index is 1.64. The molecule has 0 amide bonds. The summed E-state index contributed by atoms with van der Waals surface area (Å²) in [6, 6.07) is 13.1. The molecular formula is C23H21FN4O2. The molecule has 0 spiro atoms. The zero-order valence-corrected chi connectivity index (χ0v) is 16.2. The molecule has 152 valence electrons. The van der Waals surface area contributed by atoms with E-state index >= 15 is 0 Å². The third-order valence-electron chi connectivity index (χ3n) is 6.06. The Morgan fingerprint density at radius 3 is 2.70 bits per heavy atom. The fraction of sp³-hybridized carbons (Fsp3) is 0.261. The first-order chi connectivity index (χ1) is 14.6. The number of nitrogens with one attached hydrogen (secondary N) is 1. The predicted molar refractivity (Wildman–Crippen MR) is 108 cm³/mol. The van der Waals surface area contributed by atoms with Crippen molar-refractivity contribution < 1.29 is 14.3 Å². The van der Waals surface area contributed by atoms with Crippen molar-refractivity contribution in [2.75, 3.05) is 6.54 Å². The Morgan fingerprint density at radius 1 is 1.13 bits per heavy atom. The number of rotatable bonds is 3. The summed E-state index contributed by atoms with van der Waals surface area (Å²) in [5.41, 5.74) is 3.33. The van der Waals surface area contributed by atoms with E-state index in [2.05, 4.69) is 21.5 Å². The van der Waals surface area contributed by atoms with Crippen LogP contribution < -0.4 is 5.32 Å². The molecule has 0 bridgehead atoms. The summed E-state index contributed by atoms with van der Waals surface area (Å²) in [5.74, 6) is -0.850. The van der Waals surface area contributed by atoms with Crippen molar-refractivity contribution in [3.8, 4) is 0 Å². The van der Waals surface area contributed by atoms with Gasteiger partial charge in [0.05, 0.1) is 11.6 Å². The fourth-order valence-corrected chi connectivity index (χ4v) is 4.67. The van der Waals surface area contributed by atoms with E-state index in [0.29, 0.717) is 5.57 Å². The topological polar surface area (TPSA) is 80.0 Å². The molecule has 7 heteroatoms. The Kier molecular flexibility index (Phi) is 4.67. The molecule has 1 aliphatic heterocycles. The molecule has 6 nitrogen and oxygen atoms in total. The van der Waals surface area contributed by atoms with Gasteiger partial charge in [-0.15, -0.1) is 0 Å². The van der Waals surface area contributed by atoms with E-state index in [1.807, 2.05) is 18.2 Å². The molecule has 2 N–H and O–H groups in total. The second kappa shape index (κ2) is 7.50. The third kappa shape index (κ3) is 3.11. The van der Waals surface area contributed by atoms with Gasteiger partial charge in [-0.1, -0.05) is 36.4 Å². The van der Waals surface area contributed by atoms with Crippen LogP contribution in [0.5, 0.6) is 0 Å². The maximum absolute atomic E-state index is 13.5. The van der Waals surface area contributed by atoms with Gasteiger partial charge in [0, 0.05) is 18.9 Å². The summed E-state index contributed by atoms with van der Waals surface area (Å²) in [6.07, 6.45) is 4.00. The Morgan fingerprint density at radius 2 is 1.93 bits per heavy atom. The number of halogens is 1. The monoisotopic (exact) mass is 404 g/mol. The Bertz CT molecular complexity index is 1110. The van der Waals surface area contributed by atoms with E-state index in [0.717, 1.165) is 24.1 Å². The first-order valence-electron chi connectivity index (χ1n) is 10.0. The number of carbonyl (C=O) groups is 1. The van der Waals surface area contributed by atoms with E-state index in [1.165, 1.54) is 30.4 Å². The molecule has 0 unspecified atom stereocenters. The van der Waals surface area contributed by atoms with Crippen molar-refractivity contribution in [3.05, 3.63) is 95.0 Å². The average Bonchev–Trinajstić information content (AvgIpc) is 3.28. The lowest BCUT2D eigenvalue weighted by Crippen LogP contribution is -2.38. The molecular weight excluding hydrogens is 383 g/mol. The van der Waals surface area contributed by atoms with Crippen LogP contribution in [0.15, 0.2) is 72.5 Å². The SMILES string of the molecule is O=C1C[C@H](c2ccc(F)cc2)[C@@H](n2cncn2)C(O)=C1[C@@H]1NCCc2ccccc21. The normalized spacial score (nSPS) is 24.0. The highest BCUT2D eigenvalue weighted by atomic mass is 19.1. The summed E-state index contributed by atoms with van der Waals surface area (Å²) in [6.45, 7) is 0.723. The molecule has 0 saturated carbocycles. The number of ketones is 1. The molecule has 1 aromatic heterocycles. The minimum Gasteiger partial charge on any atom is -0.510 e. The van der Waals surface area contributed by atoms with Crippen LogP contribution in [-0.4, -0.2) is 32.2 Å². The van der Waals surface area contributed by atoms with Gasteiger partial charge < -0.3 is 10.4 Å². The number of fused-ring (bicyclic) bond motifs is 1. The van der Waals surface area contributed by atoms with Crippen LogP contribution in [-0.2, 0) is 11.2 Å². The zero-order valence-electron chi connectivity index (χ0n) is 16.2. The highest BCUT2D eigenvalue weighted by Gasteiger charge is 2.42. The molecule has 3 aromatic rings. The molecule has 30 heavy (non-hydrogen) atoms. The maximum atomic E-state index is 13.5. The van der Waals surface area contributed by atoms with Crippen LogP contribution in [0, 0.1) is 5.82 Å². The van der Waals surface area contributed by atoms with E-state index in [1.54, 1.807) is 16.8 Å². The summed E-state index contributed by atoms with van der Waals surface area (Å²) >= 11 is 0. The third-order valence-corrected chi connectivity index (χ3v) is 6.06. The molecule has 2 aromatic carbocycles. The summed E-state index contributed by atoms with van der Waals surface area (Å²) in [7, 11) is 0. The first-order valence-corrected chi connectivity index (χ1v) is 10.0. The summed E-state index contributed by atoms with van der Waals surface area (Å²) in [5, 5.41) is 19.0. The summed E-state index contributed by atoms with van der Waals surface area (Å²) in [4.78, 5) is 17.3. The largest absolute Gasteiger partial charge is 0.510 e. The Hall–Kier alpha value is -3.32. The average molecular weight is 404 g/mol. The highest BCUT2D eigenvalue weighted by Crippen LogP contribution is 2.45. The van der Waals surface area contributed by atoms with Gasteiger partial charge in [-0.25, -0.2) is 14.1 Å². The zero-order chi connectivity index (χ0) is 20.7. The molecule has 0 fully saturated rings. The standard InChI is InChI=1S/C23H21FN4O2/c24-16-7-5-15(6-8-16)18-11-19(29)20(23(30)22(18)28-13-25-12-27-28)21-17-4-2-1-3-14(17)9-10-26-21/h1-8,12-13,18,21-22,26,30H,9-11H2/t18-,21-,22-/m1/s1. The van der Waals surface area contributed by atoms with Crippen molar-refractivity contribution in [1.29, 1.82) is 0 Å². The van der Waals surface area contributed by atoms with Gasteiger partial charge in [-0.2, -0.15) is 5.10 Å². The highest BCUT2D eigenvalue weighted by molar-refractivity contribution is 5.99. The second-order valence-corrected chi connectivity index (χ2v) is 7.74. The molecule has 5 rings (SSSR count). The van der Waals surface area contributed by atoms with Gasteiger partial charge in [-0.05, 0) is 35.2 Å². The number of benzene rings is 2. The second-order valence-electron chi connectivity index (χ2n) is 7.74. The van der Waals surface area contributed by atoms with Gasteiger partial charge in [0.15, 0.2) is 5.78 Å². The van der Waals surface area contributed by atoms with E-state index < -0.39 is 6.04 Å². The van der Waals surface area contributed by atoms with Crippen molar-refractivity contribution in [2.24, 2.45) is 0 Å². The number of aliphatic hydroxyl groups is 1. The van der Waals surface area contributed by atoms with E-state index in [9.17, 15) is 14.3 Å². The number of Topliss-reactive ketones (excluding diaryl/α,β-unsaturated/α-hetero) is 1. The van der Waals surface area contributed by atoms with Crippen LogP contribution in [0.2, 0.25) is 0 Å². The number of nitrogens with zero attached hydrogens (tertiary/aromatic N) is 3. The number of aromatic nitrogens is 3. The molecule has 0 radical (unpaired) electrons. The molecule has 0 saturated heterocycles. The lowest BCUT2D eigenvalue weighted by molar-refractivity contribution is -0.117.